The summed E-state index contributed by atoms with van der Waals surface area (Å²) >= 11 is 0. The molecule has 1 N–H and O–H groups in total. The second-order valence-electron chi connectivity index (χ2n) is 5.52. The molecular weight excluding hydrogens is 238 g/mol. The van der Waals surface area contributed by atoms with Crippen molar-refractivity contribution in [2.75, 3.05) is 18.4 Å². The molecule has 1 aromatic heterocycles. The number of hydrogen-bond acceptors (Lipinski definition) is 5. The Morgan fingerprint density at radius 2 is 1.95 bits per heavy atom. The van der Waals surface area contributed by atoms with Gasteiger partial charge < -0.3 is 5.32 Å². The Kier molecular flexibility index (Phi) is 3.64. The molecule has 2 unspecified atom stereocenters. The summed E-state index contributed by atoms with van der Waals surface area (Å²) in [6.45, 7) is 6.70. The van der Waals surface area contributed by atoms with Crippen LogP contribution in [0, 0.1) is 0 Å². The van der Waals surface area contributed by atoms with Crippen molar-refractivity contribution >= 4 is 5.95 Å². The van der Waals surface area contributed by atoms with E-state index < -0.39 is 0 Å². The van der Waals surface area contributed by atoms with Crippen LogP contribution in [0.25, 0.3) is 0 Å². The summed E-state index contributed by atoms with van der Waals surface area (Å²) in [7, 11) is 0. The average molecular weight is 261 g/mol. The van der Waals surface area contributed by atoms with Crippen LogP contribution in [0.5, 0.6) is 0 Å². The molecule has 2 aliphatic rings. The van der Waals surface area contributed by atoms with Crippen LogP contribution in [0.4, 0.5) is 5.95 Å². The normalized spacial score (nSPS) is 26.6. The van der Waals surface area contributed by atoms with Gasteiger partial charge in [-0.15, -0.1) is 5.10 Å². The van der Waals surface area contributed by atoms with Crippen molar-refractivity contribution in [2.24, 2.45) is 0 Å². The summed E-state index contributed by atoms with van der Waals surface area (Å²) in [6, 6.07) is 1.18. The van der Waals surface area contributed by atoms with Crippen molar-refractivity contribution in [1.29, 1.82) is 0 Å². The molecule has 0 aromatic carbocycles. The second kappa shape index (κ2) is 5.41. The summed E-state index contributed by atoms with van der Waals surface area (Å²) in [5.41, 5.74) is 2.11. The lowest BCUT2D eigenvalue weighted by atomic mass is 10.1. The molecular formula is C14H23N5. The summed E-state index contributed by atoms with van der Waals surface area (Å²) in [6.07, 6.45) is 5.66. The van der Waals surface area contributed by atoms with Crippen LogP contribution in [0.15, 0.2) is 0 Å². The zero-order chi connectivity index (χ0) is 13.2. The highest BCUT2D eigenvalue weighted by Crippen LogP contribution is 2.29. The lowest BCUT2D eigenvalue weighted by molar-refractivity contribution is 0.318. The molecule has 5 nitrogen and oxygen atoms in total. The summed E-state index contributed by atoms with van der Waals surface area (Å²) in [5, 5.41) is 12.1. The van der Waals surface area contributed by atoms with Crippen molar-refractivity contribution in [1.82, 2.24) is 20.1 Å². The number of rotatable bonds is 4. The van der Waals surface area contributed by atoms with Gasteiger partial charge in [-0.3, -0.25) is 4.90 Å². The number of nitrogens with one attached hydrogen (secondary N) is 1. The third-order valence-corrected chi connectivity index (χ3v) is 4.43. The van der Waals surface area contributed by atoms with Gasteiger partial charge in [0.15, 0.2) is 0 Å². The highest BCUT2D eigenvalue weighted by molar-refractivity contribution is 5.29. The van der Waals surface area contributed by atoms with E-state index in [1.54, 1.807) is 0 Å². The molecule has 0 radical (unpaired) electrons. The predicted octanol–water partition coefficient (Wildman–Crippen LogP) is 1.64. The number of aryl methyl sites for hydroxylation is 2. The van der Waals surface area contributed by atoms with Crippen LogP contribution in [0.2, 0.25) is 0 Å². The first-order chi connectivity index (χ1) is 9.31. The zero-order valence-corrected chi connectivity index (χ0v) is 11.9. The molecule has 3 rings (SSSR count). The molecule has 19 heavy (non-hydrogen) atoms. The average Bonchev–Trinajstić information content (AvgIpc) is 3.03. The first kappa shape index (κ1) is 12.8. The number of hydrogen-bond donors (Lipinski definition) is 1. The molecule has 2 fully saturated rings. The first-order valence-corrected chi connectivity index (χ1v) is 7.54. The standard InChI is InChI=1S/C14H23N5/c1-3-10-11(4-2)17-18-14(15-10)16-12-7-9-19-8-5-6-13(12)19/h12-13H,3-9H2,1-2H3,(H,15,16,18). The lowest BCUT2D eigenvalue weighted by Crippen LogP contribution is -2.34. The molecule has 2 atom stereocenters. The van der Waals surface area contributed by atoms with Gasteiger partial charge in [-0.05, 0) is 38.6 Å². The Hall–Kier alpha value is -1.23. The molecule has 2 aliphatic heterocycles. The Labute approximate surface area is 114 Å². The minimum absolute atomic E-state index is 0.501. The van der Waals surface area contributed by atoms with Crippen molar-refractivity contribution < 1.29 is 0 Å². The van der Waals surface area contributed by atoms with E-state index in [2.05, 4.69) is 39.2 Å². The fraction of sp³-hybridized carbons (Fsp3) is 0.786. The zero-order valence-electron chi connectivity index (χ0n) is 11.9. The van der Waals surface area contributed by atoms with Gasteiger partial charge in [-0.2, -0.15) is 5.10 Å². The Balaban J connectivity index is 1.73. The smallest absolute Gasteiger partial charge is 0.243 e. The Morgan fingerprint density at radius 3 is 2.74 bits per heavy atom. The van der Waals surface area contributed by atoms with Crippen LogP contribution >= 0.6 is 0 Å². The fourth-order valence-electron chi connectivity index (χ4n) is 3.42. The van der Waals surface area contributed by atoms with Gasteiger partial charge in [-0.1, -0.05) is 13.8 Å². The summed E-state index contributed by atoms with van der Waals surface area (Å²) in [4.78, 5) is 7.23. The molecule has 0 spiro atoms. The Morgan fingerprint density at radius 1 is 1.11 bits per heavy atom. The fourth-order valence-corrected chi connectivity index (χ4v) is 3.42. The van der Waals surface area contributed by atoms with E-state index in [4.69, 9.17) is 0 Å². The van der Waals surface area contributed by atoms with Crippen molar-refractivity contribution in [2.45, 2.75) is 58.0 Å². The largest absolute Gasteiger partial charge is 0.349 e. The lowest BCUT2D eigenvalue weighted by Gasteiger charge is -2.21. The maximum Gasteiger partial charge on any atom is 0.243 e. The molecule has 5 heteroatoms. The summed E-state index contributed by atoms with van der Waals surface area (Å²) < 4.78 is 0. The SMILES string of the molecule is CCc1nnc(NC2CCN3CCCC23)nc1CC. The monoisotopic (exact) mass is 261 g/mol. The van der Waals surface area contributed by atoms with E-state index in [1.807, 2.05) is 0 Å². The number of anilines is 1. The highest BCUT2D eigenvalue weighted by atomic mass is 15.3. The molecule has 2 saturated heterocycles. The van der Waals surface area contributed by atoms with Gasteiger partial charge in [0.2, 0.25) is 5.95 Å². The van der Waals surface area contributed by atoms with Gasteiger partial charge >= 0.3 is 0 Å². The topological polar surface area (TPSA) is 53.9 Å². The Bertz CT molecular complexity index is 447. The van der Waals surface area contributed by atoms with E-state index in [0.29, 0.717) is 18.0 Å². The summed E-state index contributed by atoms with van der Waals surface area (Å²) in [5.74, 6) is 0.716. The van der Waals surface area contributed by atoms with E-state index in [1.165, 1.54) is 32.4 Å². The van der Waals surface area contributed by atoms with Crippen molar-refractivity contribution in [3.8, 4) is 0 Å². The third kappa shape index (κ3) is 2.43. The quantitative estimate of drug-likeness (QED) is 0.893. The number of aromatic nitrogens is 3. The predicted molar refractivity (Wildman–Crippen MR) is 75.2 cm³/mol. The number of nitrogens with zero attached hydrogens (tertiary/aromatic N) is 4. The van der Waals surface area contributed by atoms with E-state index in [0.717, 1.165) is 24.2 Å². The van der Waals surface area contributed by atoms with Gasteiger partial charge in [0.25, 0.3) is 0 Å². The van der Waals surface area contributed by atoms with Crippen LogP contribution in [-0.2, 0) is 12.8 Å². The van der Waals surface area contributed by atoms with Gasteiger partial charge in [0.05, 0.1) is 11.4 Å². The van der Waals surface area contributed by atoms with E-state index in [-0.39, 0.29) is 0 Å². The molecule has 0 saturated carbocycles. The molecule has 0 amide bonds. The maximum atomic E-state index is 4.64. The van der Waals surface area contributed by atoms with Gasteiger partial charge in [0, 0.05) is 18.6 Å². The molecule has 3 heterocycles. The molecule has 104 valence electrons. The van der Waals surface area contributed by atoms with Crippen LogP contribution in [-0.4, -0.2) is 45.3 Å². The van der Waals surface area contributed by atoms with Crippen molar-refractivity contribution in [3.05, 3.63) is 11.4 Å². The van der Waals surface area contributed by atoms with Gasteiger partial charge in [0.1, 0.15) is 0 Å². The third-order valence-electron chi connectivity index (χ3n) is 4.43. The van der Waals surface area contributed by atoms with E-state index >= 15 is 0 Å². The minimum atomic E-state index is 0.501. The number of fused-ring (bicyclic) bond motifs is 1. The van der Waals surface area contributed by atoms with E-state index in [9.17, 15) is 0 Å². The van der Waals surface area contributed by atoms with Crippen LogP contribution in [0.3, 0.4) is 0 Å². The highest BCUT2D eigenvalue weighted by Gasteiger charge is 2.37. The van der Waals surface area contributed by atoms with Gasteiger partial charge in [-0.25, -0.2) is 4.98 Å². The molecule has 0 aliphatic carbocycles. The maximum absolute atomic E-state index is 4.64. The molecule has 0 bridgehead atoms. The second-order valence-corrected chi connectivity index (χ2v) is 5.52. The van der Waals surface area contributed by atoms with Crippen LogP contribution in [0.1, 0.15) is 44.5 Å². The van der Waals surface area contributed by atoms with Crippen LogP contribution < -0.4 is 5.32 Å². The minimum Gasteiger partial charge on any atom is -0.349 e. The molecule has 1 aromatic rings. The first-order valence-electron chi connectivity index (χ1n) is 7.54. The van der Waals surface area contributed by atoms with Crippen molar-refractivity contribution in [3.63, 3.8) is 0 Å².